The van der Waals surface area contributed by atoms with Crippen molar-refractivity contribution in [3.63, 3.8) is 0 Å². The number of hydrogen-bond donors (Lipinski definition) is 0. The Kier molecular flexibility index (Phi) is 1.85. The SMILES string of the molecule is N#CC1(N2CCCCC2)CC2CC2C1. The van der Waals surface area contributed by atoms with E-state index in [0.29, 0.717) is 0 Å². The Bertz CT molecular complexity index is 263. The standard InChI is InChI=1S/C12H18N2/c13-9-12(7-10-6-11(10)8-12)14-4-2-1-3-5-14/h10-11H,1-8H2. The molecule has 2 unspecified atom stereocenters. The van der Waals surface area contributed by atoms with E-state index in [1.807, 2.05) is 0 Å². The van der Waals surface area contributed by atoms with Crippen molar-refractivity contribution in [3.8, 4) is 6.07 Å². The van der Waals surface area contributed by atoms with Gasteiger partial charge in [-0.25, -0.2) is 0 Å². The Morgan fingerprint density at radius 2 is 1.71 bits per heavy atom. The molecule has 0 aromatic carbocycles. The molecule has 0 spiro atoms. The molecule has 3 rings (SSSR count). The molecule has 2 heteroatoms. The second-order valence-electron chi connectivity index (χ2n) is 5.36. The summed E-state index contributed by atoms with van der Waals surface area (Å²) >= 11 is 0. The Morgan fingerprint density at radius 3 is 2.29 bits per heavy atom. The lowest BCUT2D eigenvalue weighted by Crippen LogP contribution is -2.49. The molecule has 1 heterocycles. The second-order valence-corrected chi connectivity index (χ2v) is 5.36. The molecule has 2 nitrogen and oxygen atoms in total. The summed E-state index contributed by atoms with van der Waals surface area (Å²) in [5, 5.41) is 9.42. The van der Waals surface area contributed by atoms with Crippen LogP contribution in [0.25, 0.3) is 0 Å². The fraction of sp³-hybridized carbons (Fsp3) is 0.917. The van der Waals surface area contributed by atoms with Crippen LogP contribution in [0.3, 0.4) is 0 Å². The molecule has 0 aromatic rings. The maximum atomic E-state index is 9.42. The van der Waals surface area contributed by atoms with Crippen molar-refractivity contribution in [2.75, 3.05) is 13.1 Å². The molecular weight excluding hydrogens is 172 g/mol. The number of nitrogens with zero attached hydrogens (tertiary/aromatic N) is 2. The fourth-order valence-corrected chi connectivity index (χ4v) is 3.50. The molecule has 3 fully saturated rings. The smallest absolute Gasteiger partial charge is 0.109 e. The van der Waals surface area contributed by atoms with Crippen LogP contribution in [0.4, 0.5) is 0 Å². The molecule has 2 aliphatic carbocycles. The van der Waals surface area contributed by atoms with Gasteiger partial charge in [0, 0.05) is 0 Å². The summed E-state index contributed by atoms with van der Waals surface area (Å²) in [7, 11) is 0. The first-order chi connectivity index (χ1) is 6.84. The third-order valence-electron chi connectivity index (χ3n) is 4.44. The average molecular weight is 190 g/mol. The number of fused-ring (bicyclic) bond motifs is 1. The van der Waals surface area contributed by atoms with E-state index in [-0.39, 0.29) is 5.54 Å². The summed E-state index contributed by atoms with van der Waals surface area (Å²) in [5.74, 6) is 1.83. The molecule has 14 heavy (non-hydrogen) atoms. The van der Waals surface area contributed by atoms with Crippen molar-refractivity contribution < 1.29 is 0 Å². The molecule has 1 saturated heterocycles. The van der Waals surface area contributed by atoms with E-state index in [1.165, 1.54) is 51.6 Å². The largest absolute Gasteiger partial charge is 0.286 e. The van der Waals surface area contributed by atoms with Gasteiger partial charge in [0.25, 0.3) is 0 Å². The first-order valence-corrected chi connectivity index (χ1v) is 6.00. The Morgan fingerprint density at radius 1 is 1.07 bits per heavy atom. The van der Waals surface area contributed by atoms with E-state index in [0.717, 1.165) is 11.8 Å². The monoisotopic (exact) mass is 190 g/mol. The van der Waals surface area contributed by atoms with Gasteiger partial charge in [-0.1, -0.05) is 6.42 Å². The highest BCUT2D eigenvalue weighted by Gasteiger charge is 2.56. The number of likely N-dealkylation sites (tertiary alicyclic amines) is 1. The normalized spacial score (nSPS) is 47.1. The first-order valence-electron chi connectivity index (χ1n) is 6.00. The third-order valence-corrected chi connectivity index (χ3v) is 4.44. The zero-order valence-electron chi connectivity index (χ0n) is 8.71. The lowest BCUT2D eigenvalue weighted by atomic mass is 9.90. The minimum atomic E-state index is -0.0337. The lowest BCUT2D eigenvalue weighted by molar-refractivity contribution is 0.104. The molecule has 76 valence electrons. The summed E-state index contributed by atoms with van der Waals surface area (Å²) in [6, 6.07) is 2.63. The van der Waals surface area contributed by atoms with Crippen LogP contribution in [0.5, 0.6) is 0 Å². The van der Waals surface area contributed by atoms with Crippen molar-refractivity contribution >= 4 is 0 Å². The van der Waals surface area contributed by atoms with Gasteiger partial charge >= 0.3 is 0 Å². The molecule has 1 aliphatic heterocycles. The topological polar surface area (TPSA) is 27.0 Å². The van der Waals surface area contributed by atoms with E-state index in [4.69, 9.17) is 0 Å². The van der Waals surface area contributed by atoms with Crippen LogP contribution in [0.2, 0.25) is 0 Å². The van der Waals surface area contributed by atoms with Gasteiger partial charge in [-0.15, -0.1) is 0 Å². The van der Waals surface area contributed by atoms with E-state index in [1.54, 1.807) is 0 Å². The quantitative estimate of drug-likeness (QED) is 0.633. The van der Waals surface area contributed by atoms with Gasteiger partial charge in [0.2, 0.25) is 0 Å². The zero-order chi connectivity index (χ0) is 9.60. The zero-order valence-corrected chi connectivity index (χ0v) is 8.71. The van der Waals surface area contributed by atoms with Gasteiger partial charge in [-0.3, -0.25) is 4.90 Å². The summed E-state index contributed by atoms with van der Waals surface area (Å²) in [4.78, 5) is 2.49. The van der Waals surface area contributed by atoms with Crippen LogP contribution in [0, 0.1) is 23.2 Å². The lowest BCUT2D eigenvalue weighted by Gasteiger charge is -2.39. The van der Waals surface area contributed by atoms with E-state index in [9.17, 15) is 5.26 Å². The minimum Gasteiger partial charge on any atom is -0.286 e. The Balaban J connectivity index is 1.76. The number of rotatable bonds is 1. The predicted octanol–water partition coefficient (Wildman–Crippen LogP) is 2.16. The van der Waals surface area contributed by atoms with Gasteiger partial charge in [-0.2, -0.15) is 5.26 Å². The molecule has 0 bridgehead atoms. The van der Waals surface area contributed by atoms with Crippen LogP contribution >= 0.6 is 0 Å². The van der Waals surface area contributed by atoms with Gasteiger partial charge in [-0.05, 0) is 57.0 Å². The van der Waals surface area contributed by atoms with Crippen LogP contribution in [0.15, 0.2) is 0 Å². The van der Waals surface area contributed by atoms with Crippen LogP contribution in [-0.2, 0) is 0 Å². The van der Waals surface area contributed by atoms with Crippen molar-refractivity contribution in [2.45, 2.75) is 44.1 Å². The highest BCUT2D eigenvalue weighted by Crippen LogP contribution is 2.57. The summed E-state index contributed by atoms with van der Waals surface area (Å²) in [6.45, 7) is 2.35. The Hall–Kier alpha value is -0.550. The van der Waals surface area contributed by atoms with Crippen molar-refractivity contribution in [1.82, 2.24) is 4.90 Å². The summed E-state index contributed by atoms with van der Waals surface area (Å²) < 4.78 is 0. The first kappa shape index (κ1) is 8.73. The summed E-state index contributed by atoms with van der Waals surface area (Å²) in [6.07, 6.45) is 7.74. The maximum absolute atomic E-state index is 9.42. The predicted molar refractivity (Wildman–Crippen MR) is 54.6 cm³/mol. The van der Waals surface area contributed by atoms with Crippen molar-refractivity contribution in [1.29, 1.82) is 5.26 Å². The van der Waals surface area contributed by atoms with Gasteiger partial charge in [0.05, 0.1) is 6.07 Å². The molecule has 3 aliphatic rings. The highest BCUT2D eigenvalue weighted by atomic mass is 15.2. The van der Waals surface area contributed by atoms with E-state index < -0.39 is 0 Å². The molecular formula is C12H18N2. The third kappa shape index (κ3) is 1.19. The Labute approximate surface area is 85.9 Å². The number of hydrogen-bond acceptors (Lipinski definition) is 2. The number of nitriles is 1. The van der Waals surface area contributed by atoms with Crippen LogP contribution in [0.1, 0.15) is 38.5 Å². The average Bonchev–Trinajstić information content (AvgIpc) is 2.88. The maximum Gasteiger partial charge on any atom is 0.109 e. The molecule has 2 atom stereocenters. The van der Waals surface area contributed by atoms with Crippen molar-refractivity contribution in [2.24, 2.45) is 11.8 Å². The van der Waals surface area contributed by atoms with E-state index in [2.05, 4.69) is 11.0 Å². The van der Waals surface area contributed by atoms with Crippen LogP contribution < -0.4 is 0 Å². The second kappa shape index (κ2) is 2.97. The van der Waals surface area contributed by atoms with Gasteiger partial charge < -0.3 is 0 Å². The van der Waals surface area contributed by atoms with Gasteiger partial charge in [0.1, 0.15) is 5.54 Å². The molecule has 0 radical (unpaired) electrons. The molecule has 0 aromatic heterocycles. The minimum absolute atomic E-state index is 0.0337. The van der Waals surface area contributed by atoms with E-state index >= 15 is 0 Å². The summed E-state index contributed by atoms with van der Waals surface area (Å²) in [5.41, 5.74) is -0.0337. The molecule has 0 amide bonds. The van der Waals surface area contributed by atoms with Gasteiger partial charge in [0.15, 0.2) is 0 Å². The highest BCUT2D eigenvalue weighted by molar-refractivity contribution is 5.19. The molecule has 2 saturated carbocycles. The molecule has 0 N–H and O–H groups in total. The number of piperidine rings is 1. The fourth-order valence-electron chi connectivity index (χ4n) is 3.50. The van der Waals surface area contributed by atoms with Crippen molar-refractivity contribution in [3.05, 3.63) is 0 Å². The van der Waals surface area contributed by atoms with Crippen LogP contribution in [-0.4, -0.2) is 23.5 Å².